The lowest BCUT2D eigenvalue weighted by atomic mass is 9.98. The number of rotatable bonds is 3. The number of hydrogen-bond donors (Lipinski definition) is 2. The lowest BCUT2D eigenvalue weighted by Gasteiger charge is -2.23. The lowest BCUT2D eigenvalue weighted by molar-refractivity contribution is 0.155. The zero-order chi connectivity index (χ0) is 10.5. The first-order valence-corrected chi connectivity index (χ1v) is 5.62. The second kappa shape index (κ2) is 5.03. The van der Waals surface area contributed by atoms with Crippen molar-refractivity contribution in [3.8, 4) is 5.75 Å². The van der Waals surface area contributed by atoms with Crippen molar-refractivity contribution in [1.29, 1.82) is 0 Å². The quantitative estimate of drug-likeness (QED) is 0.590. The maximum absolute atomic E-state index is 5.89. The molecule has 0 aromatic heterocycles. The van der Waals surface area contributed by atoms with Gasteiger partial charge in [-0.3, -0.25) is 5.84 Å². The zero-order valence-electron chi connectivity index (χ0n) is 8.91. The van der Waals surface area contributed by atoms with Crippen LogP contribution in [0.3, 0.4) is 0 Å². The van der Waals surface area contributed by atoms with Crippen molar-refractivity contribution in [1.82, 2.24) is 0 Å². The molecule has 15 heavy (non-hydrogen) atoms. The van der Waals surface area contributed by atoms with Crippen LogP contribution in [0.5, 0.6) is 5.75 Å². The summed E-state index contributed by atoms with van der Waals surface area (Å²) in [7, 11) is 0. The van der Waals surface area contributed by atoms with Crippen molar-refractivity contribution in [2.75, 3.05) is 5.43 Å². The van der Waals surface area contributed by atoms with Gasteiger partial charge in [0.15, 0.2) is 0 Å². The molecule has 1 fully saturated rings. The maximum Gasteiger partial charge on any atom is 0.119 e. The molecule has 3 nitrogen and oxygen atoms in total. The van der Waals surface area contributed by atoms with Gasteiger partial charge in [0.2, 0.25) is 0 Å². The van der Waals surface area contributed by atoms with E-state index in [1.807, 2.05) is 24.3 Å². The number of hydrazine groups is 1. The first-order chi connectivity index (χ1) is 7.38. The molecule has 0 atom stereocenters. The van der Waals surface area contributed by atoms with Crippen LogP contribution in [-0.2, 0) is 0 Å². The van der Waals surface area contributed by atoms with Crippen LogP contribution in [0.1, 0.15) is 32.1 Å². The van der Waals surface area contributed by atoms with Gasteiger partial charge in [0, 0.05) is 5.69 Å². The van der Waals surface area contributed by atoms with E-state index >= 15 is 0 Å². The molecular weight excluding hydrogens is 188 g/mol. The maximum atomic E-state index is 5.89. The van der Waals surface area contributed by atoms with Crippen LogP contribution >= 0.6 is 0 Å². The fraction of sp³-hybridized carbons (Fsp3) is 0.500. The Morgan fingerprint density at radius 3 is 2.33 bits per heavy atom. The molecule has 0 spiro atoms. The molecule has 0 heterocycles. The Bertz CT molecular complexity index is 291. The fourth-order valence-electron chi connectivity index (χ4n) is 2.01. The van der Waals surface area contributed by atoms with Gasteiger partial charge >= 0.3 is 0 Å². The van der Waals surface area contributed by atoms with Crippen molar-refractivity contribution >= 4 is 5.69 Å². The monoisotopic (exact) mass is 206 g/mol. The summed E-state index contributed by atoms with van der Waals surface area (Å²) in [5.41, 5.74) is 3.51. The SMILES string of the molecule is NNc1ccc(OC2CCCCC2)cc1. The molecule has 1 aromatic carbocycles. The average Bonchev–Trinajstić information content (AvgIpc) is 2.31. The van der Waals surface area contributed by atoms with Crippen LogP contribution in [0, 0.1) is 0 Å². The van der Waals surface area contributed by atoms with Crippen LogP contribution in [-0.4, -0.2) is 6.10 Å². The van der Waals surface area contributed by atoms with Crippen molar-refractivity contribution in [3.63, 3.8) is 0 Å². The first-order valence-electron chi connectivity index (χ1n) is 5.62. The minimum Gasteiger partial charge on any atom is -0.490 e. The number of ether oxygens (including phenoxy) is 1. The number of anilines is 1. The van der Waals surface area contributed by atoms with E-state index in [2.05, 4.69) is 5.43 Å². The topological polar surface area (TPSA) is 47.3 Å². The molecule has 0 radical (unpaired) electrons. The van der Waals surface area contributed by atoms with Crippen molar-refractivity contribution in [2.24, 2.45) is 5.84 Å². The Hall–Kier alpha value is -1.22. The molecule has 0 amide bonds. The van der Waals surface area contributed by atoms with Crippen LogP contribution in [0.15, 0.2) is 24.3 Å². The summed E-state index contributed by atoms with van der Waals surface area (Å²) >= 11 is 0. The van der Waals surface area contributed by atoms with E-state index in [-0.39, 0.29) is 0 Å². The van der Waals surface area contributed by atoms with Gasteiger partial charge in [0.1, 0.15) is 5.75 Å². The normalized spacial score (nSPS) is 17.4. The third-order valence-electron chi connectivity index (χ3n) is 2.88. The summed E-state index contributed by atoms with van der Waals surface area (Å²) in [6.45, 7) is 0. The van der Waals surface area contributed by atoms with Crippen LogP contribution in [0.25, 0.3) is 0 Å². The molecule has 0 unspecified atom stereocenters. The summed E-state index contributed by atoms with van der Waals surface area (Å²) in [5.74, 6) is 6.24. The molecule has 0 saturated heterocycles. The minimum absolute atomic E-state index is 0.412. The standard InChI is InChI=1S/C12H18N2O/c13-14-10-6-8-12(9-7-10)15-11-4-2-1-3-5-11/h6-9,11,14H,1-5,13H2. The van der Waals surface area contributed by atoms with Crippen LogP contribution in [0.4, 0.5) is 5.69 Å². The van der Waals surface area contributed by atoms with E-state index < -0.39 is 0 Å². The molecule has 2 rings (SSSR count). The minimum atomic E-state index is 0.412. The molecule has 82 valence electrons. The Balaban J connectivity index is 1.91. The molecule has 0 aliphatic heterocycles. The zero-order valence-corrected chi connectivity index (χ0v) is 8.91. The summed E-state index contributed by atoms with van der Waals surface area (Å²) in [6.07, 6.45) is 6.75. The Kier molecular flexibility index (Phi) is 3.45. The summed E-state index contributed by atoms with van der Waals surface area (Å²) in [5, 5.41) is 0. The van der Waals surface area contributed by atoms with Gasteiger partial charge in [0.25, 0.3) is 0 Å². The third-order valence-corrected chi connectivity index (χ3v) is 2.88. The van der Waals surface area contributed by atoms with Crippen molar-refractivity contribution in [2.45, 2.75) is 38.2 Å². The average molecular weight is 206 g/mol. The highest BCUT2D eigenvalue weighted by atomic mass is 16.5. The smallest absolute Gasteiger partial charge is 0.119 e. The molecule has 1 aliphatic carbocycles. The third kappa shape index (κ3) is 2.86. The van der Waals surface area contributed by atoms with E-state index in [1.165, 1.54) is 32.1 Å². The van der Waals surface area contributed by atoms with E-state index in [0.29, 0.717) is 6.10 Å². The highest BCUT2D eigenvalue weighted by Crippen LogP contribution is 2.24. The Morgan fingerprint density at radius 1 is 1.07 bits per heavy atom. The Labute approximate surface area is 90.6 Å². The van der Waals surface area contributed by atoms with Gasteiger partial charge in [-0.25, -0.2) is 0 Å². The molecule has 0 bridgehead atoms. The molecule has 1 aromatic rings. The summed E-state index contributed by atoms with van der Waals surface area (Å²) in [6, 6.07) is 7.78. The Morgan fingerprint density at radius 2 is 1.73 bits per heavy atom. The fourth-order valence-corrected chi connectivity index (χ4v) is 2.01. The number of nitrogen functional groups attached to an aromatic ring is 1. The predicted molar refractivity (Wildman–Crippen MR) is 61.8 cm³/mol. The predicted octanol–water partition coefficient (Wildman–Crippen LogP) is 2.68. The van der Waals surface area contributed by atoms with Gasteiger partial charge in [0.05, 0.1) is 6.10 Å². The summed E-state index contributed by atoms with van der Waals surface area (Å²) in [4.78, 5) is 0. The number of hydrogen-bond acceptors (Lipinski definition) is 3. The summed E-state index contributed by atoms with van der Waals surface area (Å²) < 4.78 is 5.89. The molecule has 3 N–H and O–H groups in total. The second-order valence-electron chi connectivity index (χ2n) is 4.05. The lowest BCUT2D eigenvalue weighted by Crippen LogP contribution is -2.19. The largest absolute Gasteiger partial charge is 0.490 e. The highest BCUT2D eigenvalue weighted by Gasteiger charge is 2.14. The van der Waals surface area contributed by atoms with Gasteiger partial charge in [-0.1, -0.05) is 6.42 Å². The number of nitrogens with one attached hydrogen (secondary N) is 1. The van der Waals surface area contributed by atoms with Gasteiger partial charge in [-0.15, -0.1) is 0 Å². The van der Waals surface area contributed by atoms with Gasteiger partial charge in [-0.2, -0.15) is 0 Å². The van der Waals surface area contributed by atoms with Gasteiger partial charge < -0.3 is 10.2 Å². The van der Waals surface area contributed by atoms with Crippen molar-refractivity contribution < 1.29 is 4.74 Å². The highest BCUT2D eigenvalue weighted by molar-refractivity contribution is 5.45. The van der Waals surface area contributed by atoms with Gasteiger partial charge in [-0.05, 0) is 49.9 Å². The molecule has 3 heteroatoms. The van der Waals surface area contributed by atoms with E-state index in [0.717, 1.165) is 11.4 Å². The second-order valence-corrected chi connectivity index (χ2v) is 4.05. The van der Waals surface area contributed by atoms with E-state index in [4.69, 9.17) is 10.6 Å². The number of benzene rings is 1. The molecule has 1 aliphatic rings. The molecule has 1 saturated carbocycles. The van der Waals surface area contributed by atoms with Crippen molar-refractivity contribution in [3.05, 3.63) is 24.3 Å². The number of nitrogens with two attached hydrogens (primary N) is 1. The van der Waals surface area contributed by atoms with E-state index in [9.17, 15) is 0 Å². The van der Waals surface area contributed by atoms with E-state index in [1.54, 1.807) is 0 Å². The first kappa shape index (κ1) is 10.3. The molecular formula is C12H18N2O. The van der Waals surface area contributed by atoms with Crippen LogP contribution in [0.2, 0.25) is 0 Å². The van der Waals surface area contributed by atoms with Crippen LogP contribution < -0.4 is 16.0 Å².